The number of nitrogens with one attached hydrogen (secondary N) is 1. The summed E-state index contributed by atoms with van der Waals surface area (Å²) in [5.41, 5.74) is 7.35. The molecule has 4 heteroatoms. The Morgan fingerprint density at radius 3 is 3.00 bits per heavy atom. The Hall–Kier alpha value is -1.55. The van der Waals surface area contributed by atoms with Gasteiger partial charge < -0.3 is 15.8 Å². The van der Waals surface area contributed by atoms with Gasteiger partial charge in [-0.25, -0.2) is 0 Å². The van der Waals surface area contributed by atoms with Crippen molar-refractivity contribution >= 4 is 11.6 Å². The molecule has 0 bridgehead atoms. The molecule has 1 aromatic rings. The van der Waals surface area contributed by atoms with Crippen LogP contribution in [-0.4, -0.2) is 19.1 Å². The van der Waals surface area contributed by atoms with Gasteiger partial charge in [0.15, 0.2) is 0 Å². The van der Waals surface area contributed by atoms with Crippen molar-refractivity contribution in [3.63, 3.8) is 0 Å². The molecule has 2 rings (SSSR count). The Labute approximate surface area is 88.4 Å². The van der Waals surface area contributed by atoms with E-state index in [1.54, 1.807) is 0 Å². The molecule has 1 aromatic carbocycles. The average molecular weight is 206 g/mol. The summed E-state index contributed by atoms with van der Waals surface area (Å²) in [5.74, 6) is 0.521. The van der Waals surface area contributed by atoms with Crippen molar-refractivity contribution in [3.8, 4) is 5.75 Å². The number of rotatable bonds is 3. The molecule has 0 aliphatic carbocycles. The number of carbonyl (C=O) groups excluding carboxylic acids is 1. The molecule has 15 heavy (non-hydrogen) atoms. The van der Waals surface area contributed by atoms with Gasteiger partial charge in [-0.2, -0.15) is 0 Å². The fourth-order valence-corrected chi connectivity index (χ4v) is 1.79. The van der Waals surface area contributed by atoms with Gasteiger partial charge in [-0.3, -0.25) is 4.79 Å². The van der Waals surface area contributed by atoms with E-state index in [2.05, 4.69) is 5.32 Å². The average Bonchev–Trinajstić information content (AvgIpc) is 2.53. The summed E-state index contributed by atoms with van der Waals surface area (Å²) >= 11 is 0. The molecule has 1 aliphatic heterocycles. The van der Waals surface area contributed by atoms with E-state index in [0.29, 0.717) is 13.2 Å². The lowest BCUT2D eigenvalue weighted by Crippen LogP contribution is -2.20. The van der Waals surface area contributed by atoms with E-state index in [-0.39, 0.29) is 11.8 Å². The summed E-state index contributed by atoms with van der Waals surface area (Å²) in [5, 5.41) is 2.79. The number of nitrogens with two attached hydrogens (primary N) is 1. The molecule has 0 spiro atoms. The van der Waals surface area contributed by atoms with Crippen LogP contribution in [0.1, 0.15) is 18.4 Å². The van der Waals surface area contributed by atoms with E-state index in [1.807, 2.05) is 25.1 Å². The lowest BCUT2D eigenvalue weighted by molar-refractivity contribution is -0.116. The predicted octanol–water partition coefficient (Wildman–Crippen LogP) is 1.08. The van der Waals surface area contributed by atoms with Gasteiger partial charge in [0.25, 0.3) is 0 Å². The van der Waals surface area contributed by atoms with Gasteiger partial charge in [0, 0.05) is 12.2 Å². The van der Waals surface area contributed by atoms with E-state index >= 15 is 0 Å². The fourth-order valence-electron chi connectivity index (χ4n) is 1.79. The number of carbonyl (C=O) groups is 1. The number of anilines is 1. The van der Waals surface area contributed by atoms with Crippen LogP contribution in [0.25, 0.3) is 0 Å². The lowest BCUT2D eigenvalue weighted by Gasteiger charge is -2.07. The Morgan fingerprint density at radius 2 is 2.33 bits per heavy atom. The third-order valence-corrected chi connectivity index (χ3v) is 2.52. The zero-order chi connectivity index (χ0) is 10.8. The van der Waals surface area contributed by atoms with Gasteiger partial charge >= 0.3 is 0 Å². The van der Waals surface area contributed by atoms with Gasteiger partial charge in [0.2, 0.25) is 5.91 Å². The largest absolute Gasteiger partial charge is 0.494 e. The first-order chi connectivity index (χ1) is 7.26. The minimum Gasteiger partial charge on any atom is -0.494 e. The zero-order valence-electron chi connectivity index (χ0n) is 8.62. The molecule has 0 radical (unpaired) electrons. The highest BCUT2D eigenvalue weighted by Crippen LogP contribution is 2.34. The van der Waals surface area contributed by atoms with Crippen molar-refractivity contribution < 1.29 is 9.53 Å². The quantitative estimate of drug-likeness (QED) is 0.777. The van der Waals surface area contributed by atoms with Crippen molar-refractivity contribution in [2.45, 2.75) is 12.8 Å². The van der Waals surface area contributed by atoms with Gasteiger partial charge in [-0.1, -0.05) is 0 Å². The van der Waals surface area contributed by atoms with Crippen molar-refractivity contribution in [2.75, 3.05) is 18.5 Å². The Balaban J connectivity index is 2.35. The Kier molecular flexibility index (Phi) is 2.60. The van der Waals surface area contributed by atoms with E-state index in [1.165, 1.54) is 0 Å². The predicted molar refractivity (Wildman–Crippen MR) is 58.0 cm³/mol. The maximum absolute atomic E-state index is 11.5. The van der Waals surface area contributed by atoms with Gasteiger partial charge in [-0.15, -0.1) is 0 Å². The summed E-state index contributed by atoms with van der Waals surface area (Å²) in [6.45, 7) is 2.87. The highest BCUT2D eigenvalue weighted by Gasteiger charge is 2.29. The summed E-state index contributed by atoms with van der Waals surface area (Å²) in [6.07, 6.45) is 0. The molecular weight excluding hydrogens is 192 g/mol. The molecule has 0 aromatic heterocycles. The first-order valence-electron chi connectivity index (χ1n) is 5.04. The van der Waals surface area contributed by atoms with Gasteiger partial charge in [-0.05, 0) is 30.7 Å². The number of fused-ring (bicyclic) bond motifs is 1. The number of hydrogen-bond acceptors (Lipinski definition) is 3. The molecule has 80 valence electrons. The molecule has 1 unspecified atom stereocenters. The van der Waals surface area contributed by atoms with Gasteiger partial charge in [0.05, 0.1) is 12.5 Å². The molecule has 4 nitrogen and oxygen atoms in total. The van der Waals surface area contributed by atoms with Crippen molar-refractivity contribution in [3.05, 3.63) is 23.8 Å². The molecule has 0 saturated heterocycles. The third-order valence-electron chi connectivity index (χ3n) is 2.52. The topological polar surface area (TPSA) is 64.3 Å². The van der Waals surface area contributed by atoms with Crippen molar-refractivity contribution in [2.24, 2.45) is 5.73 Å². The fraction of sp³-hybridized carbons (Fsp3) is 0.364. The summed E-state index contributed by atoms with van der Waals surface area (Å²) in [4.78, 5) is 11.5. The molecule has 1 amide bonds. The van der Waals surface area contributed by atoms with Gasteiger partial charge in [0.1, 0.15) is 5.75 Å². The van der Waals surface area contributed by atoms with Crippen LogP contribution in [0.15, 0.2) is 18.2 Å². The number of amides is 1. The van der Waals surface area contributed by atoms with E-state index in [4.69, 9.17) is 10.5 Å². The van der Waals surface area contributed by atoms with Crippen LogP contribution in [0.3, 0.4) is 0 Å². The molecular formula is C11H14N2O2. The van der Waals surface area contributed by atoms with E-state index < -0.39 is 0 Å². The third kappa shape index (κ3) is 1.68. The van der Waals surface area contributed by atoms with E-state index in [9.17, 15) is 4.79 Å². The SMILES string of the molecule is CCOc1ccc2c(c1)C(CN)C(=O)N2. The van der Waals surface area contributed by atoms with Crippen LogP contribution in [0.4, 0.5) is 5.69 Å². The standard InChI is InChI=1S/C11H14N2O2/c1-2-15-7-3-4-10-8(5-7)9(6-12)11(14)13-10/h3-5,9H,2,6,12H2,1H3,(H,13,14). The molecule has 1 heterocycles. The summed E-state index contributed by atoms with van der Waals surface area (Å²) in [7, 11) is 0. The lowest BCUT2D eigenvalue weighted by atomic mass is 10.0. The first-order valence-corrected chi connectivity index (χ1v) is 5.04. The summed E-state index contributed by atoms with van der Waals surface area (Å²) < 4.78 is 5.38. The maximum atomic E-state index is 11.5. The van der Waals surface area contributed by atoms with Crippen LogP contribution < -0.4 is 15.8 Å². The Morgan fingerprint density at radius 1 is 1.53 bits per heavy atom. The maximum Gasteiger partial charge on any atom is 0.233 e. The second-order valence-electron chi connectivity index (χ2n) is 3.46. The van der Waals surface area contributed by atoms with Crippen LogP contribution >= 0.6 is 0 Å². The monoisotopic (exact) mass is 206 g/mol. The minimum atomic E-state index is -0.236. The Bertz CT molecular complexity index is 390. The second kappa shape index (κ2) is 3.90. The minimum absolute atomic E-state index is 0.0267. The first kappa shape index (κ1) is 9.98. The molecule has 1 aliphatic rings. The molecule has 3 N–H and O–H groups in total. The van der Waals surface area contributed by atoms with Crippen LogP contribution in [0, 0.1) is 0 Å². The van der Waals surface area contributed by atoms with Crippen LogP contribution in [0.2, 0.25) is 0 Å². The van der Waals surface area contributed by atoms with Crippen LogP contribution in [0.5, 0.6) is 5.75 Å². The molecule has 1 atom stereocenters. The smallest absolute Gasteiger partial charge is 0.233 e. The van der Waals surface area contributed by atoms with Crippen molar-refractivity contribution in [1.82, 2.24) is 0 Å². The van der Waals surface area contributed by atoms with E-state index in [0.717, 1.165) is 17.0 Å². The zero-order valence-corrected chi connectivity index (χ0v) is 8.62. The van der Waals surface area contributed by atoms with Crippen LogP contribution in [-0.2, 0) is 4.79 Å². The number of benzene rings is 1. The highest BCUT2D eigenvalue weighted by molar-refractivity contribution is 6.03. The summed E-state index contributed by atoms with van der Waals surface area (Å²) in [6, 6.07) is 5.59. The highest BCUT2D eigenvalue weighted by atomic mass is 16.5. The second-order valence-corrected chi connectivity index (χ2v) is 3.46. The number of hydrogen-bond donors (Lipinski definition) is 2. The van der Waals surface area contributed by atoms with Crippen molar-refractivity contribution in [1.29, 1.82) is 0 Å². The normalized spacial score (nSPS) is 18.5. The molecule has 0 fully saturated rings. The number of ether oxygens (including phenoxy) is 1. The molecule has 0 saturated carbocycles.